The first-order valence-corrected chi connectivity index (χ1v) is 10.0. The fourth-order valence-corrected chi connectivity index (χ4v) is 7.03. The van der Waals surface area contributed by atoms with Crippen LogP contribution in [0.3, 0.4) is 0 Å². The zero-order chi connectivity index (χ0) is 18.7. The van der Waals surface area contributed by atoms with E-state index in [1.165, 1.54) is 26.2 Å². The number of rotatable bonds is 2. The summed E-state index contributed by atoms with van der Waals surface area (Å²) in [4.78, 5) is 11.7. The van der Waals surface area contributed by atoms with Crippen molar-refractivity contribution in [2.75, 3.05) is 0 Å². The molecule has 3 fully saturated rings. The van der Waals surface area contributed by atoms with Crippen LogP contribution < -0.4 is 0 Å². The fourth-order valence-electron chi connectivity index (χ4n) is 7.03. The van der Waals surface area contributed by atoms with Gasteiger partial charge in [-0.05, 0) is 61.2 Å². The molecule has 3 aliphatic carbocycles. The lowest BCUT2D eigenvalue weighted by Gasteiger charge is -2.65. The van der Waals surface area contributed by atoms with Gasteiger partial charge >= 0.3 is 5.97 Å². The number of carbonyl (C=O) groups is 1. The Bertz CT molecular complexity index is 568. The van der Waals surface area contributed by atoms with Gasteiger partial charge in [-0.15, -0.1) is 6.58 Å². The van der Waals surface area contributed by atoms with E-state index in [2.05, 4.69) is 34.3 Å². The Hall–Kier alpha value is -0.830. The summed E-state index contributed by atoms with van der Waals surface area (Å²) in [6.07, 6.45) is 8.74. The topological polar surface area (TPSA) is 46.5 Å². The highest BCUT2D eigenvalue weighted by Crippen LogP contribution is 2.66. The molecule has 6 unspecified atom stereocenters. The summed E-state index contributed by atoms with van der Waals surface area (Å²) in [7, 11) is 0. The molecule has 1 N–H and O–H groups in total. The first-order chi connectivity index (χ1) is 11.5. The van der Waals surface area contributed by atoms with Crippen molar-refractivity contribution in [3.05, 3.63) is 12.7 Å². The van der Waals surface area contributed by atoms with Crippen molar-refractivity contribution in [2.45, 2.75) is 91.3 Å². The molecule has 0 aromatic heterocycles. The number of fused-ring (bicyclic) bond motifs is 3. The van der Waals surface area contributed by atoms with E-state index in [0.717, 1.165) is 19.3 Å². The van der Waals surface area contributed by atoms with Gasteiger partial charge in [0.25, 0.3) is 0 Å². The molecule has 0 radical (unpaired) electrons. The zero-order valence-corrected chi connectivity index (χ0v) is 16.7. The Morgan fingerprint density at radius 2 is 1.84 bits per heavy atom. The third kappa shape index (κ3) is 2.87. The summed E-state index contributed by atoms with van der Waals surface area (Å²) in [5.74, 6) is 0.589. The molecule has 0 saturated heterocycles. The van der Waals surface area contributed by atoms with Crippen molar-refractivity contribution >= 4 is 5.97 Å². The van der Waals surface area contributed by atoms with Gasteiger partial charge in [-0.1, -0.05) is 40.2 Å². The Kier molecular flexibility index (Phi) is 4.42. The van der Waals surface area contributed by atoms with E-state index in [-0.39, 0.29) is 28.8 Å². The van der Waals surface area contributed by atoms with Crippen molar-refractivity contribution in [3.8, 4) is 0 Å². The molecule has 0 aromatic carbocycles. The fraction of sp³-hybridized carbons (Fsp3) is 0.864. The summed E-state index contributed by atoms with van der Waals surface area (Å²) in [5.41, 5.74) is -0.581. The smallest absolute Gasteiger partial charge is 0.302 e. The lowest BCUT2D eigenvalue weighted by molar-refractivity contribution is -0.228. The molecule has 3 nitrogen and oxygen atoms in total. The van der Waals surface area contributed by atoms with Crippen LogP contribution in [0, 0.1) is 28.1 Å². The van der Waals surface area contributed by atoms with E-state index in [1.54, 1.807) is 0 Å². The molecule has 0 bridgehead atoms. The first kappa shape index (κ1) is 18.9. The Balaban J connectivity index is 1.99. The molecule has 0 aliphatic heterocycles. The Morgan fingerprint density at radius 1 is 1.16 bits per heavy atom. The molecule has 3 saturated carbocycles. The molecule has 3 rings (SSSR count). The second-order valence-corrected chi connectivity index (χ2v) is 10.3. The van der Waals surface area contributed by atoms with Gasteiger partial charge in [0.1, 0.15) is 6.10 Å². The standard InChI is InChI=1S/C22H36O3/c1-7-20(5)14-22(24)12-9-16-19(3,4)10-8-11-21(16,6)17(22)13-18(20)25-15(2)23/h7,16-18,24H,1,8-14H2,2-6H3. The minimum Gasteiger partial charge on any atom is -0.462 e. The monoisotopic (exact) mass is 348 g/mol. The lowest BCUT2D eigenvalue weighted by Crippen LogP contribution is -2.64. The molecular weight excluding hydrogens is 312 g/mol. The highest BCUT2D eigenvalue weighted by molar-refractivity contribution is 5.66. The van der Waals surface area contributed by atoms with Crippen LogP contribution in [0.15, 0.2) is 12.7 Å². The second kappa shape index (κ2) is 5.84. The number of esters is 1. The van der Waals surface area contributed by atoms with Gasteiger partial charge in [-0.25, -0.2) is 0 Å². The normalized spacial score (nSPS) is 48.8. The van der Waals surface area contributed by atoms with Crippen molar-refractivity contribution in [1.29, 1.82) is 0 Å². The van der Waals surface area contributed by atoms with Gasteiger partial charge in [-0.2, -0.15) is 0 Å². The zero-order valence-electron chi connectivity index (χ0n) is 16.7. The van der Waals surface area contributed by atoms with Crippen molar-refractivity contribution in [3.63, 3.8) is 0 Å². The highest BCUT2D eigenvalue weighted by Gasteiger charge is 2.64. The van der Waals surface area contributed by atoms with Crippen LogP contribution in [-0.2, 0) is 9.53 Å². The maximum Gasteiger partial charge on any atom is 0.302 e. The van der Waals surface area contributed by atoms with E-state index in [9.17, 15) is 9.90 Å². The summed E-state index contributed by atoms with van der Waals surface area (Å²) < 4.78 is 5.75. The molecular formula is C22H36O3. The van der Waals surface area contributed by atoms with E-state index in [4.69, 9.17) is 4.74 Å². The van der Waals surface area contributed by atoms with Gasteiger partial charge in [0.15, 0.2) is 0 Å². The third-order valence-corrected chi connectivity index (χ3v) is 8.23. The molecule has 142 valence electrons. The van der Waals surface area contributed by atoms with E-state index in [0.29, 0.717) is 17.8 Å². The second-order valence-electron chi connectivity index (χ2n) is 10.3. The SMILES string of the molecule is C=CC1(C)CC2(O)CCC3C(C)(C)CCCC3(C)C2CC1OC(C)=O. The van der Waals surface area contributed by atoms with E-state index in [1.807, 2.05) is 6.08 Å². The van der Waals surface area contributed by atoms with Gasteiger partial charge in [0.2, 0.25) is 0 Å². The minimum atomic E-state index is -0.668. The Morgan fingerprint density at radius 3 is 2.44 bits per heavy atom. The first-order valence-electron chi connectivity index (χ1n) is 10.0. The third-order valence-electron chi connectivity index (χ3n) is 8.23. The minimum absolute atomic E-state index is 0.121. The molecule has 25 heavy (non-hydrogen) atoms. The summed E-state index contributed by atoms with van der Waals surface area (Å²) in [6, 6.07) is 0. The Labute approximate surface area is 153 Å². The molecule has 0 amide bonds. The quantitative estimate of drug-likeness (QED) is 0.571. The molecule has 0 aromatic rings. The van der Waals surface area contributed by atoms with E-state index < -0.39 is 5.60 Å². The van der Waals surface area contributed by atoms with Crippen molar-refractivity contribution < 1.29 is 14.6 Å². The lowest BCUT2D eigenvalue weighted by atomic mass is 9.41. The van der Waals surface area contributed by atoms with Crippen molar-refractivity contribution in [2.24, 2.45) is 28.1 Å². The number of ether oxygens (including phenoxy) is 1. The predicted molar refractivity (Wildman–Crippen MR) is 100.0 cm³/mol. The van der Waals surface area contributed by atoms with Gasteiger partial charge in [0, 0.05) is 12.3 Å². The van der Waals surface area contributed by atoms with Gasteiger partial charge in [0.05, 0.1) is 5.60 Å². The number of hydrogen-bond acceptors (Lipinski definition) is 3. The number of aliphatic hydroxyl groups is 1. The summed E-state index contributed by atoms with van der Waals surface area (Å²) in [6.45, 7) is 14.8. The van der Waals surface area contributed by atoms with Crippen LogP contribution in [0.4, 0.5) is 0 Å². The van der Waals surface area contributed by atoms with Crippen LogP contribution in [0.5, 0.6) is 0 Å². The van der Waals surface area contributed by atoms with E-state index >= 15 is 0 Å². The molecule has 3 heteroatoms. The number of hydrogen-bond donors (Lipinski definition) is 1. The molecule has 3 aliphatic rings. The average Bonchev–Trinajstić information content (AvgIpc) is 2.47. The van der Waals surface area contributed by atoms with Crippen LogP contribution in [0.1, 0.15) is 79.6 Å². The maximum atomic E-state index is 11.7. The number of carbonyl (C=O) groups excluding carboxylic acids is 1. The average molecular weight is 349 g/mol. The van der Waals surface area contributed by atoms with Crippen LogP contribution in [-0.4, -0.2) is 22.8 Å². The molecule has 0 spiro atoms. The van der Waals surface area contributed by atoms with Gasteiger partial charge < -0.3 is 9.84 Å². The predicted octanol–water partition coefficient (Wildman–Crippen LogP) is 4.88. The van der Waals surface area contributed by atoms with Crippen LogP contribution in [0.25, 0.3) is 0 Å². The molecule has 6 atom stereocenters. The van der Waals surface area contributed by atoms with Crippen LogP contribution in [0.2, 0.25) is 0 Å². The maximum absolute atomic E-state index is 11.7. The van der Waals surface area contributed by atoms with Gasteiger partial charge in [-0.3, -0.25) is 4.79 Å². The largest absolute Gasteiger partial charge is 0.462 e. The summed E-state index contributed by atoms with van der Waals surface area (Å²) >= 11 is 0. The highest BCUT2D eigenvalue weighted by atomic mass is 16.5. The van der Waals surface area contributed by atoms with Crippen LogP contribution >= 0.6 is 0 Å². The molecule has 0 heterocycles. The van der Waals surface area contributed by atoms with Crippen molar-refractivity contribution in [1.82, 2.24) is 0 Å². The summed E-state index contributed by atoms with van der Waals surface area (Å²) in [5, 5.41) is 11.7.